The average molecular weight is 279 g/mol. The van der Waals surface area contributed by atoms with Crippen molar-refractivity contribution in [3.63, 3.8) is 0 Å². The molecule has 0 saturated carbocycles. The molecule has 0 aliphatic rings. The number of aromatic carboxylic acids is 1. The highest BCUT2D eigenvalue weighted by Gasteiger charge is 2.24. The van der Waals surface area contributed by atoms with Gasteiger partial charge in [0.05, 0.1) is 6.10 Å². The Hall–Kier alpha value is -0.960. The summed E-state index contributed by atoms with van der Waals surface area (Å²) in [5, 5.41) is 17.8. The SMILES string of the molecule is CC(O)CN(C)S(=O)(=O)c1ccc(C(=O)O)s1. The molecule has 1 heterocycles. The van der Waals surface area contributed by atoms with Gasteiger partial charge in [-0.15, -0.1) is 11.3 Å². The van der Waals surface area contributed by atoms with E-state index in [-0.39, 0.29) is 15.6 Å². The molecule has 0 radical (unpaired) electrons. The number of nitrogens with zero attached hydrogens (tertiary/aromatic N) is 1. The first-order chi connectivity index (χ1) is 7.75. The Morgan fingerprint density at radius 2 is 2.12 bits per heavy atom. The van der Waals surface area contributed by atoms with E-state index in [0.29, 0.717) is 11.3 Å². The third kappa shape index (κ3) is 3.25. The highest BCUT2D eigenvalue weighted by atomic mass is 32.2. The maximum Gasteiger partial charge on any atom is 0.345 e. The number of thiophene rings is 1. The van der Waals surface area contributed by atoms with Crippen molar-refractivity contribution in [3.05, 3.63) is 17.0 Å². The number of rotatable bonds is 5. The molecule has 0 bridgehead atoms. The summed E-state index contributed by atoms with van der Waals surface area (Å²) in [5.74, 6) is -1.16. The van der Waals surface area contributed by atoms with E-state index in [9.17, 15) is 13.2 Å². The molecule has 0 fully saturated rings. The van der Waals surface area contributed by atoms with Crippen LogP contribution in [0.1, 0.15) is 16.6 Å². The van der Waals surface area contributed by atoms with Crippen LogP contribution in [0.4, 0.5) is 0 Å². The van der Waals surface area contributed by atoms with Gasteiger partial charge in [-0.1, -0.05) is 0 Å². The Morgan fingerprint density at radius 1 is 1.53 bits per heavy atom. The molecule has 0 aliphatic carbocycles. The Balaban J connectivity index is 3.00. The van der Waals surface area contributed by atoms with E-state index in [1.165, 1.54) is 26.1 Å². The molecular formula is C9H13NO5S2. The van der Waals surface area contributed by atoms with Crippen LogP contribution >= 0.6 is 11.3 Å². The number of hydrogen-bond donors (Lipinski definition) is 2. The highest BCUT2D eigenvalue weighted by Crippen LogP contribution is 2.24. The predicted molar refractivity (Wildman–Crippen MR) is 62.8 cm³/mol. The summed E-state index contributed by atoms with van der Waals surface area (Å²) in [7, 11) is -2.38. The molecule has 1 rings (SSSR count). The van der Waals surface area contributed by atoms with Crippen LogP contribution in [0.3, 0.4) is 0 Å². The smallest absolute Gasteiger partial charge is 0.345 e. The number of carboxylic acid groups (broad SMARTS) is 1. The molecule has 17 heavy (non-hydrogen) atoms. The monoisotopic (exact) mass is 279 g/mol. The normalized spacial score (nSPS) is 13.9. The van der Waals surface area contributed by atoms with Crippen molar-refractivity contribution in [2.45, 2.75) is 17.2 Å². The molecule has 0 aliphatic heterocycles. The van der Waals surface area contributed by atoms with Crippen molar-refractivity contribution in [2.75, 3.05) is 13.6 Å². The molecule has 0 amide bonds. The fourth-order valence-electron chi connectivity index (χ4n) is 1.20. The van der Waals surface area contributed by atoms with Crippen LogP contribution in [0.2, 0.25) is 0 Å². The molecule has 2 N–H and O–H groups in total. The van der Waals surface area contributed by atoms with E-state index in [1.807, 2.05) is 0 Å². The minimum atomic E-state index is -3.72. The summed E-state index contributed by atoms with van der Waals surface area (Å²) < 4.78 is 24.8. The molecule has 1 unspecified atom stereocenters. The first-order valence-electron chi connectivity index (χ1n) is 4.72. The van der Waals surface area contributed by atoms with Gasteiger partial charge in [-0.2, -0.15) is 4.31 Å². The molecule has 96 valence electrons. The molecule has 0 spiro atoms. The van der Waals surface area contributed by atoms with Gasteiger partial charge in [0.25, 0.3) is 10.0 Å². The van der Waals surface area contributed by atoms with Crippen LogP contribution in [-0.4, -0.2) is 48.6 Å². The first-order valence-corrected chi connectivity index (χ1v) is 6.98. The van der Waals surface area contributed by atoms with Gasteiger partial charge >= 0.3 is 5.97 Å². The fourth-order valence-corrected chi connectivity index (χ4v) is 3.81. The Kier molecular flexibility index (Phi) is 4.26. The van der Waals surface area contributed by atoms with Gasteiger partial charge < -0.3 is 10.2 Å². The summed E-state index contributed by atoms with van der Waals surface area (Å²) in [6.07, 6.45) is -0.784. The van der Waals surface area contributed by atoms with E-state index in [2.05, 4.69) is 0 Å². The van der Waals surface area contributed by atoms with Crippen LogP contribution in [-0.2, 0) is 10.0 Å². The molecule has 1 atom stereocenters. The topological polar surface area (TPSA) is 94.9 Å². The number of sulfonamides is 1. The van der Waals surface area contributed by atoms with Crippen molar-refractivity contribution in [3.8, 4) is 0 Å². The summed E-state index contributed by atoms with van der Waals surface area (Å²) >= 11 is 0.693. The Morgan fingerprint density at radius 3 is 2.53 bits per heavy atom. The minimum absolute atomic E-state index is 0.0333. The van der Waals surface area contributed by atoms with E-state index in [4.69, 9.17) is 10.2 Å². The van der Waals surface area contributed by atoms with Gasteiger partial charge in [0.2, 0.25) is 0 Å². The quantitative estimate of drug-likeness (QED) is 0.816. The van der Waals surface area contributed by atoms with Gasteiger partial charge in [-0.3, -0.25) is 0 Å². The molecule has 0 saturated heterocycles. The molecule has 1 aromatic rings. The van der Waals surface area contributed by atoms with Crippen molar-refractivity contribution in [1.29, 1.82) is 0 Å². The Labute approximate surface area is 103 Å². The third-order valence-corrected chi connectivity index (χ3v) is 5.34. The number of aliphatic hydroxyl groups is 1. The van der Waals surface area contributed by atoms with Crippen molar-refractivity contribution >= 4 is 27.3 Å². The molecule has 6 nitrogen and oxygen atoms in total. The molecule has 1 aromatic heterocycles. The second kappa shape index (κ2) is 5.13. The minimum Gasteiger partial charge on any atom is -0.477 e. The number of aliphatic hydroxyl groups excluding tert-OH is 1. The van der Waals surface area contributed by atoms with Crippen molar-refractivity contribution < 1.29 is 23.4 Å². The second-order valence-corrected chi connectivity index (χ2v) is 6.91. The van der Waals surface area contributed by atoms with Gasteiger partial charge in [0, 0.05) is 13.6 Å². The zero-order chi connectivity index (χ0) is 13.2. The maximum atomic E-state index is 11.9. The standard InChI is InChI=1S/C9H13NO5S2/c1-6(11)5-10(2)17(14,15)8-4-3-7(16-8)9(12)13/h3-4,6,11H,5H2,1-2H3,(H,12,13). The van der Waals surface area contributed by atoms with Crippen LogP contribution in [0.25, 0.3) is 0 Å². The lowest BCUT2D eigenvalue weighted by atomic mass is 10.4. The lowest BCUT2D eigenvalue weighted by molar-refractivity contribution is 0.0702. The van der Waals surface area contributed by atoms with E-state index in [0.717, 1.165) is 4.31 Å². The third-order valence-electron chi connectivity index (χ3n) is 1.98. The number of carbonyl (C=O) groups is 1. The molecule has 8 heteroatoms. The summed E-state index contributed by atoms with van der Waals surface area (Å²) in [5.41, 5.74) is 0. The van der Waals surface area contributed by atoms with Crippen LogP contribution in [0.5, 0.6) is 0 Å². The maximum absolute atomic E-state index is 11.9. The Bertz CT molecular complexity index is 505. The van der Waals surface area contributed by atoms with Crippen LogP contribution < -0.4 is 0 Å². The fraction of sp³-hybridized carbons (Fsp3) is 0.444. The molecule has 0 aromatic carbocycles. The molecular weight excluding hydrogens is 266 g/mol. The van der Waals surface area contributed by atoms with Crippen LogP contribution in [0, 0.1) is 0 Å². The summed E-state index contributed by atoms with van der Waals surface area (Å²) in [6, 6.07) is 2.50. The number of likely N-dealkylation sites (N-methyl/N-ethyl adjacent to an activating group) is 1. The largest absolute Gasteiger partial charge is 0.477 e. The zero-order valence-corrected chi connectivity index (χ0v) is 11.0. The number of carboxylic acids is 1. The van der Waals surface area contributed by atoms with Gasteiger partial charge in [-0.05, 0) is 19.1 Å². The van der Waals surface area contributed by atoms with Gasteiger partial charge in [0.15, 0.2) is 0 Å². The van der Waals surface area contributed by atoms with Crippen molar-refractivity contribution in [1.82, 2.24) is 4.31 Å². The van der Waals surface area contributed by atoms with Gasteiger partial charge in [-0.25, -0.2) is 13.2 Å². The highest BCUT2D eigenvalue weighted by molar-refractivity contribution is 7.91. The zero-order valence-electron chi connectivity index (χ0n) is 9.32. The van der Waals surface area contributed by atoms with Crippen molar-refractivity contribution in [2.24, 2.45) is 0 Å². The summed E-state index contributed by atoms with van der Waals surface area (Å²) in [4.78, 5) is 10.6. The lowest BCUT2D eigenvalue weighted by Crippen LogP contribution is -2.32. The predicted octanol–water partition coefficient (Wildman–Crippen LogP) is 0.448. The van der Waals surface area contributed by atoms with Gasteiger partial charge in [0.1, 0.15) is 9.09 Å². The van der Waals surface area contributed by atoms with E-state index >= 15 is 0 Å². The second-order valence-electron chi connectivity index (χ2n) is 3.56. The first kappa shape index (κ1) is 14.1. The van der Waals surface area contributed by atoms with Crippen LogP contribution in [0.15, 0.2) is 16.3 Å². The van der Waals surface area contributed by atoms with E-state index in [1.54, 1.807) is 0 Å². The average Bonchev–Trinajstić information content (AvgIpc) is 2.65. The van der Waals surface area contributed by atoms with E-state index < -0.39 is 22.1 Å². The lowest BCUT2D eigenvalue weighted by Gasteiger charge is -2.17. The summed E-state index contributed by atoms with van der Waals surface area (Å²) in [6.45, 7) is 1.44. The number of hydrogen-bond acceptors (Lipinski definition) is 5.